The minimum atomic E-state index is -4.42. The van der Waals surface area contributed by atoms with Crippen molar-refractivity contribution in [3.05, 3.63) is 148 Å². The molecule has 5 aromatic rings. The van der Waals surface area contributed by atoms with Gasteiger partial charge in [-0.15, -0.1) is 11.8 Å². The van der Waals surface area contributed by atoms with Crippen LogP contribution in [-0.2, 0) is 16.6 Å². The average Bonchev–Trinajstić information content (AvgIpc) is 3.20. The number of amides is 1. The topological polar surface area (TPSA) is 128 Å². The highest BCUT2D eigenvalue weighted by molar-refractivity contribution is 7.99. The lowest BCUT2D eigenvalue weighted by molar-refractivity contribution is -0.384. The largest absolute Gasteiger partial charge is 0.376 e. The molecule has 1 amide bonds. The average molecular weight is 793 g/mol. The summed E-state index contributed by atoms with van der Waals surface area (Å²) in [6.07, 6.45) is 0.707. The second kappa shape index (κ2) is 18.6. The van der Waals surface area contributed by atoms with Gasteiger partial charge in [0.2, 0.25) is 0 Å². The van der Waals surface area contributed by atoms with Gasteiger partial charge in [0.05, 0.1) is 9.82 Å². The SMILES string of the molecule is Cc1ccccc1-c1ccccc1CN1CCN(c2ccc(C(=O)NS(=O)(=O)c3ccc(N[C@H](CCN(C)C)CSc4ccccc4)c([N+](=O)[O-])c3)cc2)CC1. The van der Waals surface area contributed by atoms with Gasteiger partial charge < -0.3 is 15.1 Å². The van der Waals surface area contributed by atoms with E-state index in [-0.39, 0.29) is 27.9 Å². The van der Waals surface area contributed by atoms with Crippen molar-refractivity contribution < 1.29 is 18.1 Å². The van der Waals surface area contributed by atoms with Crippen LogP contribution in [0.15, 0.2) is 131 Å². The van der Waals surface area contributed by atoms with Gasteiger partial charge in [-0.3, -0.25) is 19.8 Å². The Morgan fingerprint density at radius 1 is 0.857 bits per heavy atom. The van der Waals surface area contributed by atoms with Crippen LogP contribution < -0.4 is 14.9 Å². The fraction of sp³-hybridized carbons (Fsp3) is 0.279. The maximum atomic E-state index is 13.4. The lowest BCUT2D eigenvalue weighted by Crippen LogP contribution is -2.46. The fourth-order valence-corrected chi connectivity index (χ4v) is 8.75. The number of hydrogen-bond donors (Lipinski definition) is 2. The monoisotopic (exact) mass is 792 g/mol. The van der Waals surface area contributed by atoms with E-state index in [0.29, 0.717) is 12.2 Å². The number of thioether (sulfide) groups is 1. The molecule has 0 spiro atoms. The normalized spacial score (nSPS) is 14.0. The third kappa shape index (κ3) is 10.5. The van der Waals surface area contributed by atoms with E-state index in [1.54, 1.807) is 23.9 Å². The molecule has 1 aliphatic rings. The highest BCUT2D eigenvalue weighted by atomic mass is 32.2. The summed E-state index contributed by atoms with van der Waals surface area (Å²) < 4.78 is 28.8. The summed E-state index contributed by atoms with van der Waals surface area (Å²) in [6, 6.07) is 37.3. The maximum Gasteiger partial charge on any atom is 0.293 e. The maximum absolute atomic E-state index is 13.4. The smallest absolute Gasteiger partial charge is 0.293 e. The second-order valence-corrected chi connectivity index (χ2v) is 17.0. The van der Waals surface area contributed by atoms with Gasteiger partial charge >= 0.3 is 0 Å². The molecule has 0 unspecified atom stereocenters. The minimum absolute atomic E-state index is 0.137. The lowest BCUT2D eigenvalue weighted by atomic mass is 9.95. The van der Waals surface area contributed by atoms with Crippen molar-refractivity contribution in [2.75, 3.05) is 62.8 Å². The van der Waals surface area contributed by atoms with Gasteiger partial charge in [-0.1, -0.05) is 66.7 Å². The molecule has 0 saturated carbocycles. The van der Waals surface area contributed by atoms with Crippen LogP contribution in [0.5, 0.6) is 0 Å². The third-order valence-corrected chi connectivity index (χ3v) is 12.4. The molecule has 0 bridgehead atoms. The Bertz CT molecular complexity index is 2230. The van der Waals surface area contributed by atoms with Gasteiger partial charge in [0.15, 0.2) is 0 Å². The first-order valence-electron chi connectivity index (χ1n) is 18.6. The molecule has 5 aromatic carbocycles. The Hall–Kier alpha value is -5.21. The number of carbonyl (C=O) groups is 1. The molecule has 1 aliphatic heterocycles. The highest BCUT2D eigenvalue weighted by Gasteiger charge is 2.26. The van der Waals surface area contributed by atoms with Crippen LogP contribution in [0.3, 0.4) is 0 Å². The van der Waals surface area contributed by atoms with Gasteiger partial charge in [0, 0.05) is 66.7 Å². The predicted octanol–water partition coefficient (Wildman–Crippen LogP) is 7.54. The molecule has 13 heteroatoms. The van der Waals surface area contributed by atoms with Crippen LogP contribution in [-0.4, -0.2) is 87.7 Å². The molecule has 1 saturated heterocycles. The van der Waals surface area contributed by atoms with Crippen molar-refractivity contribution in [2.45, 2.75) is 35.7 Å². The van der Waals surface area contributed by atoms with E-state index in [4.69, 9.17) is 0 Å². The second-order valence-electron chi connectivity index (χ2n) is 14.2. The van der Waals surface area contributed by atoms with E-state index in [9.17, 15) is 23.3 Å². The zero-order valence-electron chi connectivity index (χ0n) is 31.9. The van der Waals surface area contributed by atoms with Crippen LogP contribution >= 0.6 is 11.8 Å². The zero-order valence-corrected chi connectivity index (χ0v) is 33.6. The van der Waals surface area contributed by atoms with Gasteiger partial charge in [-0.05, 0) is 105 Å². The summed E-state index contributed by atoms with van der Waals surface area (Å²) in [5, 5.41) is 15.5. The fourth-order valence-electron chi connectivity index (χ4n) is 6.76. The molecule has 2 N–H and O–H groups in total. The van der Waals surface area contributed by atoms with E-state index in [1.807, 2.05) is 61.5 Å². The molecule has 1 atom stereocenters. The Kier molecular flexibility index (Phi) is 13.4. The minimum Gasteiger partial charge on any atom is -0.376 e. The molecule has 1 heterocycles. The quantitative estimate of drug-likeness (QED) is 0.0588. The molecule has 56 heavy (non-hydrogen) atoms. The summed E-state index contributed by atoms with van der Waals surface area (Å²) in [5.74, 6) is -0.176. The summed E-state index contributed by atoms with van der Waals surface area (Å²) >= 11 is 1.64. The number of nitro groups is 1. The molecule has 6 rings (SSSR count). The van der Waals surface area contributed by atoms with Crippen LogP contribution in [0.2, 0.25) is 0 Å². The van der Waals surface area contributed by atoms with Crippen molar-refractivity contribution >= 4 is 44.8 Å². The van der Waals surface area contributed by atoms with E-state index in [1.165, 1.54) is 34.4 Å². The lowest BCUT2D eigenvalue weighted by Gasteiger charge is -2.36. The molecular formula is C43H48N6O5S2. The summed E-state index contributed by atoms with van der Waals surface area (Å²) in [4.78, 5) is 32.2. The van der Waals surface area contributed by atoms with Crippen LogP contribution in [0, 0.1) is 17.0 Å². The highest BCUT2D eigenvalue weighted by Crippen LogP contribution is 2.31. The first-order chi connectivity index (χ1) is 27.0. The molecule has 0 aliphatic carbocycles. The van der Waals surface area contributed by atoms with Gasteiger partial charge in [0.25, 0.3) is 21.6 Å². The molecular weight excluding hydrogens is 745 g/mol. The van der Waals surface area contributed by atoms with E-state index < -0.39 is 20.9 Å². The van der Waals surface area contributed by atoms with Crippen LogP contribution in [0.4, 0.5) is 17.1 Å². The van der Waals surface area contributed by atoms with Crippen molar-refractivity contribution in [1.29, 1.82) is 0 Å². The number of carbonyl (C=O) groups excluding carboxylic acids is 1. The number of nitrogens with zero attached hydrogens (tertiary/aromatic N) is 4. The van der Waals surface area contributed by atoms with Crippen molar-refractivity contribution in [3.8, 4) is 11.1 Å². The van der Waals surface area contributed by atoms with Crippen molar-refractivity contribution in [3.63, 3.8) is 0 Å². The first kappa shape index (κ1) is 40.5. The van der Waals surface area contributed by atoms with E-state index in [0.717, 1.165) is 55.9 Å². The number of rotatable bonds is 16. The Morgan fingerprint density at radius 2 is 1.52 bits per heavy atom. The summed E-state index contributed by atoms with van der Waals surface area (Å²) in [6.45, 7) is 7.08. The number of hydrogen-bond acceptors (Lipinski definition) is 10. The van der Waals surface area contributed by atoms with Gasteiger partial charge in [0.1, 0.15) is 5.69 Å². The van der Waals surface area contributed by atoms with Crippen LogP contribution in [0.25, 0.3) is 11.1 Å². The van der Waals surface area contributed by atoms with Crippen LogP contribution in [0.1, 0.15) is 27.9 Å². The van der Waals surface area contributed by atoms with Crippen molar-refractivity contribution in [2.24, 2.45) is 0 Å². The number of piperazine rings is 1. The first-order valence-corrected chi connectivity index (χ1v) is 21.1. The summed E-state index contributed by atoms with van der Waals surface area (Å²) in [5.41, 5.74) is 5.97. The standard InChI is InChI=1S/C43H48N6O5S2/c1-32-11-7-9-15-39(32)40-16-10-8-12-34(40)30-47-25-27-48(28-26-47)36-19-17-33(18-20-36)43(50)45-56(53,54)38-21-22-41(42(29-38)49(51)52)44-35(23-24-46(2)3)31-55-37-13-5-4-6-14-37/h4-22,29,35,44H,23-28,30-31H2,1-3H3,(H,45,50)/t35-/m1/s1. The van der Waals surface area contributed by atoms with Crippen molar-refractivity contribution in [1.82, 2.24) is 14.5 Å². The number of nitrogens with one attached hydrogen (secondary N) is 2. The zero-order chi connectivity index (χ0) is 39.7. The van der Waals surface area contributed by atoms with E-state index in [2.05, 4.69) is 75.3 Å². The van der Waals surface area contributed by atoms with E-state index >= 15 is 0 Å². The third-order valence-electron chi connectivity index (χ3n) is 9.90. The molecule has 1 fully saturated rings. The Balaban J connectivity index is 1.06. The number of sulfonamides is 1. The van der Waals surface area contributed by atoms with Gasteiger partial charge in [-0.2, -0.15) is 0 Å². The Labute approximate surface area is 333 Å². The Morgan fingerprint density at radius 3 is 2.20 bits per heavy atom. The number of anilines is 2. The molecule has 11 nitrogen and oxygen atoms in total. The molecule has 0 aromatic heterocycles. The summed E-state index contributed by atoms with van der Waals surface area (Å²) in [7, 11) is -0.498. The number of benzene rings is 5. The predicted molar refractivity (Wildman–Crippen MR) is 226 cm³/mol. The molecule has 0 radical (unpaired) electrons. The number of aryl methyl sites for hydroxylation is 1. The molecule has 292 valence electrons. The van der Waals surface area contributed by atoms with Gasteiger partial charge in [-0.25, -0.2) is 13.1 Å². The number of nitro benzene ring substituents is 1.